The SMILES string of the molecule is Cn1nnn(OC(=O)c2ccccc2)c1=O. The van der Waals surface area contributed by atoms with Gasteiger partial charge in [0.05, 0.1) is 5.56 Å². The van der Waals surface area contributed by atoms with Crippen LogP contribution in [-0.2, 0) is 7.05 Å². The van der Waals surface area contributed by atoms with Crippen LogP contribution in [0.5, 0.6) is 0 Å². The number of hydrogen-bond donors (Lipinski definition) is 0. The number of benzene rings is 1. The Hall–Kier alpha value is -2.44. The highest BCUT2D eigenvalue weighted by atomic mass is 16.7. The molecule has 0 bridgehead atoms. The van der Waals surface area contributed by atoms with E-state index in [-0.39, 0.29) is 0 Å². The van der Waals surface area contributed by atoms with Crippen molar-refractivity contribution in [2.75, 3.05) is 0 Å². The number of carbonyl (C=O) groups excluding carboxylic acids is 1. The van der Waals surface area contributed by atoms with Crippen molar-refractivity contribution in [2.24, 2.45) is 7.05 Å². The van der Waals surface area contributed by atoms with Gasteiger partial charge in [0.1, 0.15) is 0 Å². The molecule has 82 valence electrons. The molecule has 0 atom stereocenters. The zero-order valence-corrected chi connectivity index (χ0v) is 8.40. The summed E-state index contributed by atoms with van der Waals surface area (Å²) in [7, 11) is 1.40. The van der Waals surface area contributed by atoms with Gasteiger partial charge in [-0.3, -0.25) is 0 Å². The smallest absolute Gasteiger partial charge is 0.307 e. The minimum absolute atomic E-state index is 0.333. The number of nitrogens with zero attached hydrogens (tertiary/aromatic N) is 4. The number of aromatic nitrogens is 4. The average Bonchev–Trinajstić information content (AvgIpc) is 2.62. The highest BCUT2D eigenvalue weighted by Crippen LogP contribution is 1.98. The molecule has 0 aliphatic carbocycles. The minimum atomic E-state index is -0.664. The molecule has 1 heterocycles. The lowest BCUT2D eigenvalue weighted by molar-refractivity contribution is 0.0362. The van der Waals surface area contributed by atoms with Gasteiger partial charge in [0, 0.05) is 7.05 Å². The standard InChI is InChI=1S/C9H8N4O3/c1-12-9(15)13(11-10-12)16-8(14)7-5-3-2-4-6-7/h2-6H,1H3. The van der Waals surface area contributed by atoms with Crippen LogP contribution in [0.1, 0.15) is 10.4 Å². The summed E-state index contributed by atoms with van der Waals surface area (Å²) >= 11 is 0. The van der Waals surface area contributed by atoms with Gasteiger partial charge in [-0.25, -0.2) is 9.59 Å². The molecule has 0 N–H and O–H groups in total. The third-order valence-electron chi connectivity index (χ3n) is 1.87. The first kappa shape index (κ1) is 10.1. The van der Waals surface area contributed by atoms with Gasteiger partial charge < -0.3 is 4.84 Å². The number of hydrogen-bond acceptors (Lipinski definition) is 5. The van der Waals surface area contributed by atoms with Gasteiger partial charge >= 0.3 is 11.7 Å². The van der Waals surface area contributed by atoms with Gasteiger partial charge in [-0.15, -0.1) is 0 Å². The van der Waals surface area contributed by atoms with Crippen LogP contribution in [0.15, 0.2) is 35.1 Å². The molecular weight excluding hydrogens is 212 g/mol. The summed E-state index contributed by atoms with van der Waals surface area (Å²) in [5.41, 5.74) is -0.288. The van der Waals surface area contributed by atoms with Crippen LogP contribution < -0.4 is 10.5 Å². The Morgan fingerprint density at radius 3 is 2.50 bits per heavy atom. The van der Waals surface area contributed by atoms with Crippen molar-refractivity contribution in [2.45, 2.75) is 0 Å². The van der Waals surface area contributed by atoms with Gasteiger partial charge in [0.15, 0.2) is 0 Å². The fourth-order valence-electron chi connectivity index (χ4n) is 1.06. The lowest BCUT2D eigenvalue weighted by atomic mass is 10.2. The molecule has 0 saturated heterocycles. The van der Waals surface area contributed by atoms with Gasteiger partial charge in [0.2, 0.25) is 0 Å². The van der Waals surface area contributed by atoms with E-state index in [1.807, 2.05) is 0 Å². The molecule has 2 rings (SSSR count). The molecule has 0 unspecified atom stereocenters. The molecule has 7 heteroatoms. The van der Waals surface area contributed by atoms with Gasteiger partial charge in [-0.05, 0) is 27.4 Å². The molecule has 0 fully saturated rings. The number of carbonyl (C=O) groups is 1. The van der Waals surface area contributed by atoms with Crippen LogP contribution in [0.3, 0.4) is 0 Å². The van der Waals surface area contributed by atoms with Crippen molar-refractivity contribution in [3.05, 3.63) is 46.4 Å². The van der Waals surface area contributed by atoms with Crippen LogP contribution in [0.25, 0.3) is 0 Å². The monoisotopic (exact) mass is 220 g/mol. The summed E-state index contributed by atoms with van der Waals surface area (Å²) in [5, 5.41) is 6.76. The molecular formula is C9H8N4O3. The maximum Gasteiger partial charge on any atom is 0.398 e. The Morgan fingerprint density at radius 2 is 1.94 bits per heavy atom. The van der Waals surface area contributed by atoms with E-state index in [0.29, 0.717) is 10.4 Å². The van der Waals surface area contributed by atoms with Gasteiger partial charge in [0.25, 0.3) is 0 Å². The van der Waals surface area contributed by atoms with Gasteiger partial charge in [-0.2, -0.15) is 4.68 Å². The second-order valence-corrected chi connectivity index (χ2v) is 3.00. The largest absolute Gasteiger partial charge is 0.398 e. The first-order valence-electron chi connectivity index (χ1n) is 4.45. The molecule has 1 aromatic carbocycles. The molecule has 0 amide bonds. The van der Waals surface area contributed by atoms with Crippen LogP contribution in [0, 0.1) is 0 Å². The molecule has 7 nitrogen and oxygen atoms in total. The highest BCUT2D eigenvalue weighted by molar-refractivity contribution is 5.89. The zero-order chi connectivity index (χ0) is 11.5. The lowest BCUT2D eigenvalue weighted by Gasteiger charge is -1.99. The fraction of sp³-hybridized carbons (Fsp3) is 0.111. The number of tetrazole rings is 1. The quantitative estimate of drug-likeness (QED) is 0.622. The van der Waals surface area contributed by atoms with Crippen molar-refractivity contribution in [3.8, 4) is 0 Å². The second kappa shape index (κ2) is 3.97. The predicted octanol–water partition coefficient (Wildman–Crippen LogP) is -0.754. The number of aryl methyl sites for hydroxylation is 1. The van der Waals surface area contributed by atoms with E-state index < -0.39 is 11.7 Å². The highest BCUT2D eigenvalue weighted by Gasteiger charge is 2.11. The Labute approximate surface area is 89.8 Å². The zero-order valence-electron chi connectivity index (χ0n) is 8.40. The summed E-state index contributed by atoms with van der Waals surface area (Å²) in [6.45, 7) is 0. The Bertz CT molecular complexity index is 558. The lowest BCUT2D eigenvalue weighted by Crippen LogP contribution is -2.32. The molecule has 0 spiro atoms. The summed E-state index contributed by atoms with van der Waals surface area (Å²) < 4.78 is 0.957. The van der Waals surface area contributed by atoms with E-state index in [1.54, 1.807) is 30.3 Å². The molecule has 16 heavy (non-hydrogen) atoms. The third kappa shape index (κ3) is 1.83. The Balaban J connectivity index is 2.21. The van der Waals surface area contributed by atoms with Crippen molar-refractivity contribution in [3.63, 3.8) is 0 Å². The molecule has 2 aromatic rings. The van der Waals surface area contributed by atoms with Crippen molar-refractivity contribution < 1.29 is 9.63 Å². The molecule has 1 aromatic heterocycles. The maximum atomic E-state index is 11.5. The molecule has 0 aliphatic heterocycles. The average molecular weight is 220 g/mol. The number of rotatable bonds is 2. The summed E-state index contributed by atoms with van der Waals surface area (Å²) in [4.78, 5) is 28.0. The summed E-state index contributed by atoms with van der Waals surface area (Å²) in [6.07, 6.45) is 0. The fourth-order valence-corrected chi connectivity index (χ4v) is 1.06. The van der Waals surface area contributed by atoms with E-state index in [1.165, 1.54) is 7.05 Å². The minimum Gasteiger partial charge on any atom is -0.307 e. The Kier molecular flexibility index (Phi) is 2.50. The van der Waals surface area contributed by atoms with E-state index in [2.05, 4.69) is 10.4 Å². The molecule has 0 aliphatic rings. The predicted molar refractivity (Wildman–Crippen MR) is 52.6 cm³/mol. The van der Waals surface area contributed by atoms with Crippen molar-refractivity contribution >= 4 is 5.97 Å². The topological polar surface area (TPSA) is 79.0 Å². The molecule has 0 radical (unpaired) electrons. The van der Waals surface area contributed by atoms with E-state index in [9.17, 15) is 9.59 Å². The van der Waals surface area contributed by atoms with Crippen LogP contribution in [0.2, 0.25) is 0 Å². The van der Waals surface area contributed by atoms with Crippen LogP contribution in [-0.4, -0.2) is 25.9 Å². The normalized spacial score (nSPS) is 10.1. The first-order chi connectivity index (χ1) is 7.68. The maximum absolute atomic E-state index is 11.5. The van der Waals surface area contributed by atoms with Crippen molar-refractivity contribution in [1.82, 2.24) is 20.0 Å². The summed E-state index contributed by atoms with van der Waals surface area (Å²) in [6, 6.07) is 8.30. The third-order valence-corrected chi connectivity index (χ3v) is 1.87. The first-order valence-corrected chi connectivity index (χ1v) is 4.45. The second-order valence-electron chi connectivity index (χ2n) is 3.00. The van der Waals surface area contributed by atoms with Crippen LogP contribution in [0.4, 0.5) is 0 Å². The van der Waals surface area contributed by atoms with Crippen molar-refractivity contribution in [1.29, 1.82) is 0 Å². The van der Waals surface area contributed by atoms with Gasteiger partial charge in [-0.1, -0.05) is 18.2 Å². The van der Waals surface area contributed by atoms with E-state index in [4.69, 9.17) is 4.84 Å². The van der Waals surface area contributed by atoms with E-state index in [0.717, 1.165) is 4.68 Å². The Morgan fingerprint density at radius 1 is 1.25 bits per heavy atom. The molecule has 0 saturated carbocycles. The van der Waals surface area contributed by atoms with E-state index >= 15 is 0 Å². The summed E-state index contributed by atoms with van der Waals surface area (Å²) in [5.74, 6) is -0.664. The van der Waals surface area contributed by atoms with Crippen LogP contribution >= 0.6 is 0 Å².